The van der Waals surface area contributed by atoms with E-state index in [2.05, 4.69) is 25.2 Å². The molecule has 6 rings (SSSR count). The van der Waals surface area contributed by atoms with Crippen LogP contribution in [0.3, 0.4) is 0 Å². The Morgan fingerprint density at radius 1 is 1.17 bits per heavy atom. The molecule has 1 amide bonds. The SMILES string of the molecule is Nc1noc2c1ccc1[nH]c([C@H](O)[C@H]3OCCN(c4ccn(-c5ccncc5)n4)C3=O)nc(=O)c12. The number of aliphatic hydroxyl groups is 1. The molecule has 5 heterocycles. The predicted octanol–water partition coefficient (Wildman–Crippen LogP) is 0.693. The number of aromatic nitrogens is 6. The maximum Gasteiger partial charge on any atom is 0.284 e. The molecule has 0 bridgehead atoms. The number of aromatic amines is 1. The lowest BCUT2D eigenvalue weighted by Crippen LogP contribution is -2.50. The highest BCUT2D eigenvalue weighted by Gasteiger charge is 2.38. The molecule has 4 N–H and O–H groups in total. The number of benzene rings is 1. The van der Waals surface area contributed by atoms with Gasteiger partial charge in [0.25, 0.3) is 11.5 Å². The molecular formula is C22H18N8O5. The van der Waals surface area contributed by atoms with Crippen LogP contribution in [0, 0.1) is 0 Å². The molecule has 0 radical (unpaired) electrons. The lowest BCUT2D eigenvalue weighted by Gasteiger charge is -2.32. The largest absolute Gasteiger partial charge is 0.382 e. The summed E-state index contributed by atoms with van der Waals surface area (Å²) in [7, 11) is 0. The van der Waals surface area contributed by atoms with Crippen molar-refractivity contribution in [2.24, 2.45) is 0 Å². The number of rotatable bonds is 4. The van der Waals surface area contributed by atoms with Crippen molar-refractivity contribution in [3.05, 3.63) is 65.1 Å². The van der Waals surface area contributed by atoms with E-state index in [0.717, 1.165) is 5.69 Å². The van der Waals surface area contributed by atoms with Crippen LogP contribution in [0.2, 0.25) is 0 Å². The number of carbonyl (C=O) groups is 1. The molecule has 1 aliphatic rings. The molecule has 0 spiro atoms. The summed E-state index contributed by atoms with van der Waals surface area (Å²) in [6.45, 7) is 0.410. The van der Waals surface area contributed by atoms with Gasteiger partial charge in [-0.05, 0) is 24.3 Å². The number of carbonyl (C=O) groups excluding carboxylic acids is 1. The molecule has 0 unspecified atom stereocenters. The Balaban J connectivity index is 1.31. The third-order valence-electron chi connectivity index (χ3n) is 5.83. The average Bonchev–Trinajstić information content (AvgIpc) is 3.51. The second kappa shape index (κ2) is 8.00. The zero-order chi connectivity index (χ0) is 24.1. The number of fused-ring (bicyclic) bond motifs is 3. The third-order valence-corrected chi connectivity index (χ3v) is 5.83. The topological polar surface area (TPSA) is 178 Å². The molecule has 0 saturated carbocycles. The molecule has 0 aliphatic carbocycles. The second-order valence-electron chi connectivity index (χ2n) is 7.91. The number of nitrogen functional groups attached to an aromatic ring is 1. The van der Waals surface area contributed by atoms with Crippen molar-refractivity contribution in [2.75, 3.05) is 23.8 Å². The fourth-order valence-corrected chi connectivity index (χ4v) is 4.11. The first kappa shape index (κ1) is 20.9. The monoisotopic (exact) mass is 474 g/mol. The van der Waals surface area contributed by atoms with Crippen LogP contribution in [-0.2, 0) is 9.53 Å². The van der Waals surface area contributed by atoms with Crippen LogP contribution in [0.25, 0.3) is 27.6 Å². The first-order valence-electron chi connectivity index (χ1n) is 10.7. The van der Waals surface area contributed by atoms with E-state index in [1.807, 2.05) is 0 Å². The maximum absolute atomic E-state index is 13.2. The summed E-state index contributed by atoms with van der Waals surface area (Å²) in [6, 6.07) is 8.50. The number of anilines is 2. The molecule has 4 aromatic heterocycles. The summed E-state index contributed by atoms with van der Waals surface area (Å²) >= 11 is 0. The summed E-state index contributed by atoms with van der Waals surface area (Å²) in [5, 5.41) is 19.7. The van der Waals surface area contributed by atoms with E-state index in [0.29, 0.717) is 16.7 Å². The van der Waals surface area contributed by atoms with Gasteiger partial charge in [-0.3, -0.25) is 19.5 Å². The minimum Gasteiger partial charge on any atom is -0.382 e. The van der Waals surface area contributed by atoms with Crippen LogP contribution in [-0.4, -0.2) is 60.2 Å². The fourth-order valence-electron chi connectivity index (χ4n) is 4.11. The van der Waals surface area contributed by atoms with Gasteiger partial charge in [0, 0.05) is 24.7 Å². The van der Waals surface area contributed by atoms with Crippen molar-refractivity contribution < 1.29 is 19.2 Å². The summed E-state index contributed by atoms with van der Waals surface area (Å²) in [4.78, 5) is 38.3. The number of ether oxygens (including phenoxy) is 1. The Morgan fingerprint density at radius 2 is 2.00 bits per heavy atom. The van der Waals surface area contributed by atoms with Gasteiger partial charge in [-0.15, -0.1) is 5.10 Å². The Morgan fingerprint density at radius 3 is 2.83 bits per heavy atom. The molecule has 1 aliphatic heterocycles. The number of nitrogens with two attached hydrogens (primary N) is 1. The van der Waals surface area contributed by atoms with Crippen LogP contribution in [0.15, 0.2) is 58.2 Å². The van der Waals surface area contributed by atoms with Gasteiger partial charge in [0.15, 0.2) is 23.3 Å². The van der Waals surface area contributed by atoms with Gasteiger partial charge < -0.3 is 25.1 Å². The molecule has 5 aromatic rings. The summed E-state index contributed by atoms with van der Waals surface area (Å²) in [5.41, 5.74) is 6.42. The van der Waals surface area contributed by atoms with Crippen LogP contribution < -0.4 is 16.2 Å². The number of hydrogen-bond acceptors (Lipinski definition) is 10. The minimum absolute atomic E-state index is 0.114. The first-order valence-corrected chi connectivity index (χ1v) is 10.7. The molecule has 1 saturated heterocycles. The van der Waals surface area contributed by atoms with Crippen LogP contribution in [0.1, 0.15) is 11.9 Å². The number of nitrogens with zero attached hydrogens (tertiary/aromatic N) is 6. The van der Waals surface area contributed by atoms with Crippen molar-refractivity contribution >= 4 is 39.4 Å². The van der Waals surface area contributed by atoms with Crippen LogP contribution in [0.5, 0.6) is 0 Å². The highest BCUT2D eigenvalue weighted by molar-refractivity contribution is 6.05. The molecule has 35 heavy (non-hydrogen) atoms. The summed E-state index contributed by atoms with van der Waals surface area (Å²) < 4.78 is 12.4. The number of H-pyrrole nitrogens is 1. The molecule has 13 nitrogen and oxygen atoms in total. The van der Waals surface area contributed by atoms with Crippen molar-refractivity contribution in [2.45, 2.75) is 12.2 Å². The normalized spacial score (nSPS) is 17.3. The average molecular weight is 474 g/mol. The maximum atomic E-state index is 13.2. The molecular weight excluding hydrogens is 456 g/mol. The van der Waals surface area contributed by atoms with Gasteiger partial charge in [-0.25, -0.2) is 4.68 Å². The Bertz CT molecular complexity index is 1630. The lowest BCUT2D eigenvalue weighted by atomic mass is 10.1. The number of hydrogen-bond donors (Lipinski definition) is 3. The number of aliphatic hydroxyl groups excluding tert-OH is 1. The number of amides is 1. The van der Waals surface area contributed by atoms with Gasteiger partial charge >= 0.3 is 0 Å². The summed E-state index contributed by atoms with van der Waals surface area (Å²) in [6.07, 6.45) is 2.18. The standard InChI is InChI=1S/C22H18N8O5/c23-19-12-1-2-13-15(17(12)35-28-19)21(32)26-20(25-13)16(31)18-22(33)29(9-10-34-18)14-5-8-30(27-14)11-3-6-24-7-4-11/h1-8,16,18,31H,9-10H2,(H2,23,28)(H,25,26,32)/t16-,18-/m1/s1. The smallest absolute Gasteiger partial charge is 0.284 e. The Kier molecular flexibility index (Phi) is 4.79. The van der Waals surface area contributed by atoms with E-state index < -0.39 is 23.7 Å². The highest BCUT2D eigenvalue weighted by atomic mass is 16.5. The lowest BCUT2D eigenvalue weighted by molar-refractivity contribution is -0.143. The van der Waals surface area contributed by atoms with E-state index >= 15 is 0 Å². The molecule has 1 aromatic carbocycles. The van der Waals surface area contributed by atoms with Gasteiger partial charge in [-0.2, -0.15) is 4.98 Å². The van der Waals surface area contributed by atoms with E-state index in [9.17, 15) is 14.7 Å². The van der Waals surface area contributed by atoms with E-state index in [-0.39, 0.29) is 35.8 Å². The molecule has 2 atom stereocenters. The van der Waals surface area contributed by atoms with Crippen molar-refractivity contribution in [3.63, 3.8) is 0 Å². The van der Waals surface area contributed by atoms with Crippen molar-refractivity contribution in [1.82, 2.24) is 29.9 Å². The first-order chi connectivity index (χ1) is 17.0. The second-order valence-corrected chi connectivity index (χ2v) is 7.91. The van der Waals surface area contributed by atoms with Crippen LogP contribution >= 0.6 is 0 Å². The van der Waals surface area contributed by atoms with Gasteiger partial charge in [0.05, 0.1) is 29.7 Å². The zero-order valence-corrected chi connectivity index (χ0v) is 18.0. The van der Waals surface area contributed by atoms with E-state index in [4.69, 9.17) is 15.0 Å². The van der Waals surface area contributed by atoms with E-state index in [1.165, 1.54) is 4.90 Å². The fraction of sp³-hybridized carbons (Fsp3) is 0.182. The number of nitrogens with one attached hydrogen (secondary N) is 1. The molecule has 1 fully saturated rings. The number of morpholine rings is 1. The minimum atomic E-state index is -1.53. The molecule has 13 heteroatoms. The molecule has 176 valence electrons. The number of pyridine rings is 1. The highest BCUT2D eigenvalue weighted by Crippen LogP contribution is 2.28. The van der Waals surface area contributed by atoms with E-state index in [1.54, 1.807) is 53.6 Å². The van der Waals surface area contributed by atoms with Gasteiger partial charge in [0.2, 0.25) is 0 Å². The predicted molar refractivity (Wildman–Crippen MR) is 123 cm³/mol. The van der Waals surface area contributed by atoms with Crippen molar-refractivity contribution in [3.8, 4) is 5.69 Å². The Labute approximate surface area is 195 Å². The van der Waals surface area contributed by atoms with Crippen molar-refractivity contribution in [1.29, 1.82) is 0 Å². The third kappa shape index (κ3) is 3.41. The zero-order valence-electron chi connectivity index (χ0n) is 18.0. The van der Waals surface area contributed by atoms with Gasteiger partial charge in [0.1, 0.15) is 17.3 Å². The summed E-state index contributed by atoms with van der Waals surface area (Å²) in [5.74, 6) is -0.0718. The Hall–Kier alpha value is -4.62. The van der Waals surface area contributed by atoms with Crippen LogP contribution in [0.4, 0.5) is 11.6 Å². The quantitative estimate of drug-likeness (QED) is 0.336. The van der Waals surface area contributed by atoms with Gasteiger partial charge in [-0.1, -0.05) is 5.16 Å².